The van der Waals surface area contributed by atoms with Crippen LogP contribution in [0.4, 0.5) is 9.59 Å². The third-order valence-electron chi connectivity index (χ3n) is 5.62. The van der Waals surface area contributed by atoms with Gasteiger partial charge in [0.15, 0.2) is 5.41 Å². The second-order valence-corrected chi connectivity index (χ2v) is 7.19. The monoisotopic (exact) mass is 392 g/mol. The number of amides is 6. The number of hydrogen-bond donors (Lipinski definition) is 2. The Morgan fingerprint density at radius 2 is 1.07 bits per heavy atom. The molecule has 148 valence electrons. The molecule has 2 aliphatic rings. The highest BCUT2D eigenvalue weighted by Crippen LogP contribution is 2.50. The molecule has 29 heavy (non-hydrogen) atoms. The predicted octanol–water partition coefficient (Wildman–Crippen LogP) is 1.82. The molecule has 0 unspecified atom stereocenters. The second-order valence-electron chi connectivity index (χ2n) is 7.19. The minimum absolute atomic E-state index is 0.499. The van der Waals surface area contributed by atoms with Crippen LogP contribution in [0.25, 0.3) is 0 Å². The molecule has 0 bridgehead atoms. The van der Waals surface area contributed by atoms with Gasteiger partial charge in [-0.25, -0.2) is 9.59 Å². The summed E-state index contributed by atoms with van der Waals surface area (Å²) in [6, 6.07) is 14.6. The molecule has 0 saturated carbocycles. The SMILES string of the molecule is CN1C(=O)N(C)C(=O)C2(C1=O)[C@@H](c1ccccc1)NC(=O)N[C@H]2c1ccccc1. The molecule has 2 aliphatic heterocycles. The molecule has 0 aromatic heterocycles. The zero-order valence-corrected chi connectivity index (χ0v) is 16.0. The Morgan fingerprint density at radius 3 is 1.45 bits per heavy atom. The summed E-state index contributed by atoms with van der Waals surface area (Å²) in [6.45, 7) is 0. The molecule has 2 fully saturated rings. The first-order chi connectivity index (χ1) is 13.9. The minimum atomic E-state index is -1.77. The molecule has 1 spiro atoms. The number of benzene rings is 2. The Morgan fingerprint density at radius 1 is 0.690 bits per heavy atom. The van der Waals surface area contributed by atoms with Gasteiger partial charge in [-0.05, 0) is 11.1 Å². The molecule has 0 radical (unpaired) electrons. The highest BCUT2D eigenvalue weighted by Gasteiger charge is 2.67. The number of nitrogens with one attached hydrogen (secondary N) is 2. The number of carbonyl (C=O) groups excluding carboxylic acids is 4. The van der Waals surface area contributed by atoms with Crippen LogP contribution in [0.1, 0.15) is 23.2 Å². The van der Waals surface area contributed by atoms with E-state index < -0.39 is 41.4 Å². The van der Waals surface area contributed by atoms with Crippen LogP contribution in [-0.4, -0.2) is 47.8 Å². The molecular formula is C21H20N4O4. The van der Waals surface area contributed by atoms with Crippen LogP contribution < -0.4 is 10.6 Å². The van der Waals surface area contributed by atoms with Crippen molar-refractivity contribution in [2.75, 3.05) is 14.1 Å². The van der Waals surface area contributed by atoms with Crippen LogP contribution in [0, 0.1) is 5.41 Å². The third-order valence-corrected chi connectivity index (χ3v) is 5.62. The molecule has 2 atom stereocenters. The van der Waals surface area contributed by atoms with E-state index in [2.05, 4.69) is 10.6 Å². The molecule has 2 saturated heterocycles. The number of barbiturate groups is 1. The number of carbonyl (C=O) groups is 4. The summed E-state index contributed by atoms with van der Waals surface area (Å²) in [6.07, 6.45) is 0. The molecule has 8 nitrogen and oxygen atoms in total. The lowest BCUT2D eigenvalue weighted by Crippen LogP contribution is -2.73. The van der Waals surface area contributed by atoms with E-state index in [0.717, 1.165) is 9.80 Å². The summed E-state index contributed by atoms with van der Waals surface area (Å²) in [5.41, 5.74) is -0.573. The van der Waals surface area contributed by atoms with Crippen LogP contribution in [0.3, 0.4) is 0 Å². The predicted molar refractivity (Wildman–Crippen MR) is 103 cm³/mol. The van der Waals surface area contributed by atoms with Crippen molar-refractivity contribution in [3.63, 3.8) is 0 Å². The average molecular weight is 392 g/mol. The smallest absolute Gasteiger partial charge is 0.330 e. The van der Waals surface area contributed by atoms with Gasteiger partial charge in [0, 0.05) is 14.1 Å². The maximum atomic E-state index is 13.6. The topological polar surface area (TPSA) is 98.8 Å². The molecule has 2 aromatic rings. The van der Waals surface area contributed by atoms with Gasteiger partial charge in [-0.2, -0.15) is 0 Å². The summed E-state index contributed by atoms with van der Waals surface area (Å²) >= 11 is 0. The molecular weight excluding hydrogens is 372 g/mol. The van der Waals surface area contributed by atoms with E-state index >= 15 is 0 Å². The minimum Gasteiger partial charge on any atom is -0.330 e. The van der Waals surface area contributed by atoms with E-state index in [1.54, 1.807) is 60.7 Å². The van der Waals surface area contributed by atoms with Gasteiger partial charge in [-0.15, -0.1) is 0 Å². The van der Waals surface area contributed by atoms with E-state index in [1.165, 1.54) is 14.1 Å². The van der Waals surface area contributed by atoms with Crippen LogP contribution in [-0.2, 0) is 9.59 Å². The summed E-state index contributed by atoms with van der Waals surface area (Å²) in [7, 11) is 2.69. The van der Waals surface area contributed by atoms with Crippen LogP contribution in [0.5, 0.6) is 0 Å². The van der Waals surface area contributed by atoms with Gasteiger partial charge >= 0.3 is 12.1 Å². The molecule has 2 heterocycles. The molecule has 2 N–H and O–H groups in total. The molecule has 8 heteroatoms. The van der Waals surface area contributed by atoms with Gasteiger partial charge in [0.25, 0.3) is 11.8 Å². The number of hydrogen-bond acceptors (Lipinski definition) is 4. The van der Waals surface area contributed by atoms with Gasteiger partial charge in [0.05, 0.1) is 12.1 Å². The first-order valence-electron chi connectivity index (χ1n) is 9.16. The van der Waals surface area contributed by atoms with Crippen LogP contribution in [0.15, 0.2) is 60.7 Å². The van der Waals surface area contributed by atoms with E-state index in [0.29, 0.717) is 11.1 Å². The van der Waals surface area contributed by atoms with E-state index in [9.17, 15) is 19.2 Å². The molecule has 2 aromatic carbocycles. The van der Waals surface area contributed by atoms with Crippen molar-refractivity contribution < 1.29 is 19.2 Å². The second kappa shape index (κ2) is 6.73. The normalized spacial score (nSPS) is 23.8. The number of nitrogens with zero attached hydrogens (tertiary/aromatic N) is 2. The lowest BCUT2D eigenvalue weighted by molar-refractivity contribution is -0.163. The van der Waals surface area contributed by atoms with Gasteiger partial charge in [-0.1, -0.05) is 60.7 Å². The summed E-state index contributed by atoms with van der Waals surface area (Å²) in [5.74, 6) is -1.33. The average Bonchev–Trinajstić information content (AvgIpc) is 2.76. The maximum absolute atomic E-state index is 13.6. The van der Waals surface area contributed by atoms with E-state index in [-0.39, 0.29) is 0 Å². The summed E-state index contributed by atoms with van der Waals surface area (Å²) in [5, 5.41) is 5.51. The highest BCUT2D eigenvalue weighted by atomic mass is 16.2. The summed E-state index contributed by atoms with van der Waals surface area (Å²) in [4.78, 5) is 54.1. The lowest BCUT2D eigenvalue weighted by Gasteiger charge is -2.52. The first-order valence-corrected chi connectivity index (χ1v) is 9.16. The number of rotatable bonds is 2. The Bertz CT molecular complexity index is 915. The number of urea groups is 2. The lowest BCUT2D eigenvalue weighted by atomic mass is 9.65. The Hall–Kier alpha value is -3.68. The van der Waals surface area contributed by atoms with Crippen molar-refractivity contribution in [3.8, 4) is 0 Å². The van der Waals surface area contributed by atoms with Gasteiger partial charge in [-0.3, -0.25) is 19.4 Å². The third kappa shape index (κ3) is 2.60. The Balaban J connectivity index is 2.00. The largest absolute Gasteiger partial charge is 0.332 e. The fourth-order valence-corrected chi connectivity index (χ4v) is 4.22. The van der Waals surface area contributed by atoms with E-state index in [1.807, 2.05) is 0 Å². The zero-order valence-electron chi connectivity index (χ0n) is 16.0. The van der Waals surface area contributed by atoms with Gasteiger partial charge in [0.1, 0.15) is 0 Å². The van der Waals surface area contributed by atoms with Crippen LogP contribution >= 0.6 is 0 Å². The first kappa shape index (κ1) is 18.7. The van der Waals surface area contributed by atoms with Crippen molar-refractivity contribution in [2.45, 2.75) is 12.1 Å². The summed E-state index contributed by atoms with van der Waals surface area (Å²) < 4.78 is 0. The molecule has 6 amide bonds. The van der Waals surface area contributed by atoms with Crippen molar-refractivity contribution in [2.24, 2.45) is 5.41 Å². The Labute approximate surface area is 167 Å². The Kier molecular flexibility index (Phi) is 4.34. The quantitative estimate of drug-likeness (QED) is 0.762. The van der Waals surface area contributed by atoms with Crippen molar-refractivity contribution >= 4 is 23.9 Å². The fraction of sp³-hybridized carbons (Fsp3) is 0.238. The fourth-order valence-electron chi connectivity index (χ4n) is 4.22. The van der Waals surface area contributed by atoms with Crippen LogP contribution in [0.2, 0.25) is 0 Å². The molecule has 0 aliphatic carbocycles. The van der Waals surface area contributed by atoms with E-state index in [4.69, 9.17) is 0 Å². The van der Waals surface area contributed by atoms with Crippen molar-refractivity contribution in [1.82, 2.24) is 20.4 Å². The number of imide groups is 2. The molecule has 4 rings (SSSR count). The standard InChI is InChI=1S/C21H20N4O4/c1-24-17(26)21(18(27)25(2)20(24)29)15(13-9-5-3-6-10-13)22-19(28)23-16(21)14-11-7-4-8-12-14/h3-12,15-16H,1-2H3,(H2,22,23,28)/t15-,16+. The van der Waals surface area contributed by atoms with Gasteiger partial charge < -0.3 is 10.6 Å². The van der Waals surface area contributed by atoms with Crippen molar-refractivity contribution in [3.05, 3.63) is 71.8 Å². The zero-order chi connectivity index (χ0) is 20.8. The van der Waals surface area contributed by atoms with Crippen molar-refractivity contribution in [1.29, 1.82) is 0 Å². The maximum Gasteiger partial charge on any atom is 0.332 e. The highest BCUT2D eigenvalue weighted by molar-refractivity contribution is 6.20. The van der Waals surface area contributed by atoms with Gasteiger partial charge in [0.2, 0.25) is 0 Å².